The van der Waals surface area contributed by atoms with Crippen molar-refractivity contribution in [1.82, 2.24) is 15.3 Å². The number of imidazole rings is 1. The first-order valence-electron chi connectivity index (χ1n) is 5.31. The fraction of sp³-hybridized carbons (Fsp3) is 0.727. The number of aliphatic hydroxyl groups excluding tert-OH is 1. The minimum absolute atomic E-state index is 0.124. The van der Waals surface area contributed by atoms with Gasteiger partial charge in [-0.05, 0) is 6.92 Å². The summed E-state index contributed by atoms with van der Waals surface area (Å²) in [6.45, 7) is 8.76. The molecule has 4 heteroatoms. The Morgan fingerprint density at radius 3 is 2.67 bits per heavy atom. The molecule has 0 aliphatic carbocycles. The zero-order valence-corrected chi connectivity index (χ0v) is 9.96. The number of H-pyrrole nitrogens is 1. The van der Waals surface area contributed by atoms with Crippen molar-refractivity contribution in [2.24, 2.45) is 5.41 Å². The lowest BCUT2D eigenvalue weighted by molar-refractivity contribution is 0.0339. The average Bonchev–Trinajstić information content (AvgIpc) is 2.50. The molecule has 0 bridgehead atoms. The maximum Gasteiger partial charge on any atom is 0.109 e. The second-order valence-corrected chi connectivity index (χ2v) is 4.95. The summed E-state index contributed by atoms with van der Waals surface area (Å²) in [4.78, 5) is 7.23. The highest BCUT2D eigenvalue weighted by molar-refractivity contribution is 5.08. The Bertz CT molecular complexity index is 301. The molecule has 3 N–H and O–H groups in total. The first-order chi connectivity index (χ1) is 6.91. The van der Waals surface area contributed by atoms with Crippen molar-refractivity contribution in [2.45, 2.75) is 40.3 Å². The molecule has 4 nitrogen and oxygen atoms in total. The van der Waals surface area contributed by atoms with Crippen LogP contribution in [-0.2, 0) is 6.42 Å². The van der Waals surface area contributed by atoms with E-state index in [0.29, 0.717) is 0 Å². The molecule has 0 aromatic carbocycles. The average molecular weight is 211 g/mol. The van der Waals surface area contributed by atoms with Crippen LogP contribution in [0.5, 0.6) is 0 Å². The molecule has 0 aliphatic heterocycles. The van der Waals surface area contributed by atoms with E-state index in [1.165, 1.54) is 0 Å². The largest absolute Gasteiger partial charge is 0.378 e. The lowest BCUT2D eigenvalue weighted by atomic mass is 9.94. The Labute approximate surface area is 91.1 Å². The van der Waals surface area contributed by atoms with Gasteiger partial charge >= 0.3 is 0 Å². The van der Waals surface area contributed by atoms with Gasteiger partial charge in [0.2, 0.25) is 0 Å². The minimum atomic E-state index is -0.475. The van der Waals surface area contributed by atoms with E-state index < -0.39 is 6.23 Å². The van der Waals surface area contributed by atoms with E-state index in [4.69, 9.17) is 0 Å². The number of aliphatic hydroxyl groups is 1. The van der Waals surface area contributed by atoms with Crippen molar-refractivity contribution in [2.75, 3.05) is 6.54 Å². The molecular weight excluding hydrogens is 190 g/mol. The Kier molecular flexibility index (Phi) is 3.88. The second-order valence-electron chi connectivity index (χ2n) is 4.95. The topological polar surface area (TPSA) is 60.9 Å². The van der Waals surface area contributed by atoms with Crippen LogP contribution in [0.4, 0.5) is 0 Å². The summed E-state index contributed by atoms with van der Waals surface area (Å²) in [5.74, 6) is 0. The third-order valence-electron chi connectivity index (χ3n) is 2.45. The molecular formula is C11H21N3O. The summed E-state index contributed by atoms with van der Waals surface area (Å²) in [6.07, 6.45) is 2.06. The van der Waals surface area contributed by atoms with Crippen LogP contribution < -0.4 is 5.32 Å². The zero-order valence-electron chi connectivity index (χ0n) is 9.96. The molecule has 1 rings (SSSR count). The van der Waals surface area contributed by atoms with E-state index in [-0.39, 0.29) is 5.41 Å². The molecule has 0 saturated carbocycles. The summed E-state index contributed by atoms with van der Waals surface area (Å²) in [5.41, 5.74) is 2.03. The smallest absolute Gasteiger partial charge is 0.109 e. The van der Waals surface area contributed by atoms with Crippen LogP contribution in [0.2, 0.25) is 0 Å². The monoisotopic (exact) mass is 211 g/mol. The highest BCUT2D eigenvalue weighted by Gasteiger charge is 2.20. The van der Waals surface area contributed by atoms with Gasteiger partial charge in [0.05, 0.1) is 12.0 Å². The van der Waals surface area contributed by atoms with Crippen molar-refractivity contribution in [3.05, 3.63) is 17.7 Å². The fourth-order valence-electron chi connectivity index (χ4n) is 1.27. The quantitative estimate of drug-likeness (QED) is 0.656. The Morgan fingerprint density at radius 1 is 1.53 bits per heavy atom. The van der Waals surface area contributed by atoms with E-state index in [1.807, 2.05) is 27.7 Å². The van der Waals surface area contributed by atoms with E-state index in [2.05, 4.69) is 15.3 Å². The highest BCUT2D eigenvalue weighted by atomic mass is 16.3. The molecule has 1 unspecified atom stereocenters. The van der Waals surface area contributed by atoms with Crippen LogP contribution in [0.15, 0.2) is 6.33 Å². The predicted molar refractivity (Wildman–Crippen MR) is 60.5 cm³/mol. The van der Waals surface area contributed by atoms with Crippen LogP contribution in [0.25, 0.3) is 0 Å². The number of nitrogens with zero attached hydrogens (tertiary/aromatic N) is 1. The molecule has 0 aliphatic rings. The second kappa shape index (κ2) is 4.77. The molecule has 15 heavy (non-hydrogen) atoms. The molecule has 1 atom stereocenters. The van der Waals surface area contributed by atoms with Gasteiger partial charge in [-0.25, -0.2) is 4.98 Å². The molecule has 0 radical (unpaired) electrons. The van der Waals surface area contributed by atoms with Crippen molar-refractivity contribution in [3.8, 4) is 0 Å². The summed E-state index contributed by atoms with van der Waals surface area (Å²) in [5, 5.41) is 12.8. The Morgan fingerprint density at radius 2 is 2.20 bits per heavy atom. The molecule has 0 fully saturated rings. The minimum Gasteiger partial charge on any atom is -0.378 e. The van der Waals surface area contributed by atoms with Gasteiger partial charge in [0.15, 0.2) is 0 Å². The van der Waals surface area contributed by atoms with Gasteiger partial charge in [0.1, 0.15) is 6.23 Å². The lowest BCUT2D eigenvalue weighted by Crippen LogP contribution is -2.41. The number of nitrogens with one attached hydrogen (secondary N) is 2. The number of aromatic amines is 1. The van der Waals surface area contributed by atoms with Crippen molar-refractivity contribution >= 4 is 0 Å². The van der Waals surface area contributed by atoms with Gasteiger partial charge in [-0.1, -0.05) is 20.8 Å². The van der Waals surface area contributed by atoms with Crippen LogP contribution in [-0.4, -0.2) is 27.8 Å². The van der Waals surface area contributed by atoms with E-state index in [0.717, 1.165) is 24.4 Å². The number of rotatable bonds is 4. The van der Waals surface area contributed by atoms with Crippen molar-refractivity contribution in [1.29, 1.82) is 0 Å². The highest BCUT2D eigenvalue weighted by Crippen LogP contribution is 2.16. The van der Waals surface area contributed by atoms with E-state index in [9.17, 15) is 5.11 Å². The van der Waals surface area contributed by atoms with Crippen molar-refractivity contribution < 1.29 is 5.11 Å². The van der Waals surface area contributed by atoms with Gasteiger partial charge < -0.3 is 10.1 Å². The molecule has 1 aromatic rings. The first-order valence-corrected chi connectivity index (χ1v) is 5.31. The fourth-order valence-corrected chi connectivity index (χ4v) is 1.27. The SMILES string of the molecule is Cc1[nH]cnc1CCNC(O)C(C)(C)C. The van der Waals surface area contributed by atoms with Gasteiger partial charge in [-0.3, -0.25) is 5.32 Å². The van der Waals surface area contributed by atoms with Crippen LogP contribution in [0.1, 0.15) is 32.2 Å². The summed E-state index contributed by atoms with van der Waals surface area (Å²) in [6, 6.07) is 0. The summed E-state index contributed by atoms with van der Waals surface area (Å²) in [7, 11) is 0. The van der Waals surface area contributed by atoms with E-state index >= 15 is 0 Å². The van der Waals surface area contributed by atoms with Gasteiger partial charge in [0.25, 0.3) is 0 Å². The maximum absolute atomic E-state index is 9.74. The van der Waals surface area contributed by atoms with Crippen LogP contribution >= 0.6 is 0 Å². The lowest BCUT2D eigenvalue weighted by Gasteiger charge is -2.26. The number of aryl methyl sites for hydroxylation is 1. The zero-order chi connectivity index (χ0) is 11.5. The molecule has 0 spiro atoms. The van der Waals surface area contributed by atoms with Gasteiger partial charge in [0, 0.05) is 24.1 Å². The van der Waals surface area contributed by atoms with Gasteiger partial charge in [-0.15, -0.1) is 0 Å². The van der Waals surface area contributed by atoms with E-state index in [1.54, 1.807) is 6.33 Å². The van der Waals surface area contributed by atoms with Crippen LogP contribution in [0.3, 0.4) is 0 Å². The predicted octanol–water partition coefficient (Wildman–Crippen LogP) is 1.21. The molecule has 0 saturated heterocycles. The van der Waals surface area contributed by atoms with Crippen LogP contribution in [0, 0.1) is 12.3 Å². The Balaban J connectivity index is 2.31. The number of aromatic nitrogens is 2. The summed E-state index contributed by atoms with van der Waals surface area (Å²) >= 11 is 0. The number of hydrogen-bond acceptors (Lipinski definition) is 3. The molecule has 1 heterocycles. The third-order valence-corrected chi connectivity index (χ3v) is 2.45. The Hall–Kier alpha value is -0.870. The maximum atomic E-state index is 9.74. The summed E-state index contributed by atoms with van der Waals surface area (Å²) < 4.78 is 0. The van der Waals surface area contributed by atoms with Gasteiger partial charge in [-0.2, -0.15) is 0 Å². The normalized spacial score (nSPS) is 14.2. The standard InChI is InChI=1S/C11H21N3O/c1-8-9(14-7-13-8)5-6-12-10(15)11(2,3)4/h7,10,12,15H,5-6H2,1-4H3,(H,13,14). The molecule has 0 amide bonds. The molecule has 1 aromatic heterocycles. The first kappa shape index (κ1) is 12.2. The third kappa shape index (κ3) is 3.64. The number of hydrogen-bond donors (Lipinski definition) is 3. The van der Waals surface area contributed by atoms with Crippen molar-refractivity contribution in [3.63, 3.8) is 0 Å². The molecule has 86 valence electrons.